The Kier molecular flexibility index (Phi) is 9.44. The van der Waals surface area contributed by atoms with Crippen molar-refractivity contribution in [2.75, 3.05) is 31.1 Å². The van der Waals surface area contributed by atoms with Crippen LogP contribution in [0.15, 0.2) is 53.4 Å². The van der Waals surface area contributed by atoms with Gasteiger partial charge in [0, 0.05) is 43.1 Å². The summed E-state index contributed by atoms with van der Waals surface area (Å²) in [7, 11) is -3.96. The number of carbonyl (C=O) groups excluding carboxylic acids is 1. The molecule has 6 N–H and O–H groups in total. The van der Waals surface area contributed by atoms with Gasteiger partial charge >= 0.3 is 0 Å². The number of piperidine rings is 1. The van der Waals surface area contributed by atoms with Crippen LogP contribution in [-0.4, -0.2) is 66.0 Å². The highest BCUT2D eigenvalue weighted by Gasteiger charge is 2.41. The van der Waals surface area contributed by atoms with Crippen LogP contribution >= 0.6 is 0 Å². The van der Waals surface area contributed by atoms with Crippen LogP contribution in [0.1, 0.15) is 58.4 Å². The average molecular weight is 572 g/mol. The van der Waals surface area contributed by atoms with Crippen LogP contribution < -0.4 is 16.8 Å². The molecule has 0 radical (unpaired) electrons. The quantitative estimate of drug-likeness (QED) is 0.339. The molecule has 4 atom stereocenters. The van der Waals surface area contributed by atoms with Crippen molar-refractivity contribution in [3.05, 3.63) is 54.1 Å². The Morgan fingerprint density at radius 1 is 1.07 bits per heavy atom. The van der Waals surface area contributed by atoms with Gasteiger partial charge in [-0.25, -0.2) is 8.42 Å². The SMILES string of the molecule is CC(C)(C)NC(=O)[C@@H]1C[C@@H]2CCCC[C@@H]2CN1C[C@@H](O)CN(Cc1cccc(N)c1)S(=O)(=O)c1ccc(N)cc1. The van der Waals surface area contributed by atoms with Crippen LogP contribution in [0.5, 0.6) is 0 Å². The fraction of sp³-hybridized carbons (Fsp3) is 0.567. The molecule has 2 aromatic carbocycles. The van der Waals surface area contributed by atoms with Crippen molar-refractivity contribution in [2.45, 2.75) is 82.0 Å². The Morgan fingerprint density at radius 3 is 2.40 bits per heavy atom. The molecule has 2 aromatic rings. The van der Waals surface area contributed by atoms with Gasteiger partial charge in [0.2, 0.25) is 15.9 Å². The van der Waals surface area contributed by atoms with Crippen LogP contribution in [0.4, 0.5) is 11.4 Å². The molecule has 1 heterocycles. The number of hydrogen-bond acceptors (Lipinski definition) is 7. The summed E-state index contributed by atoms with van der Waals surface area (Å²) >= 11 is 0. The number of aliphatic hydroxyl groups is 1. The zero-order valence-corrected chi connectivity index (χ0v) is 24.7. The van der Waals surface area contributed by atoms with E-state index in [2.05, 4.69) is 10.2 Å². The average Bonchev–Trinajstić information content (AvgIpc) is 2.87. The fourth-order valence-electron chi connectivity index (χ4n) is 6.12. The highest BCUT2D eigenvalue weighted by molar-refractivity contribution is 7.89. The lowest BCUT2D eigenvalue weighted by atomic mass is 9.72. The van der Waals surface area contributed by atoms with E-state index in [1.165, 1.54) is 29.3 Å². The number of aliphatic hydroxyl groups excluding tert-OH is 1. The molecule has 2 aliphatic rings. The van der Waals surface area contributed by atoms with Crippen molar-refractivity contribution in [2.24, 2.45) is 11.8 Å². The zero-order chi connectivity index (χ0) is 29.1. The third-order valence-corrected chi connectivity index (χ3v) is 9.82. The largest absolute Gasteiger partial charge is 0.399 e. The monoisotopic (exact) mass is 571 g/mol. The molecule has 0 spiro atoms. The number of nitrogen functional groups attached to an aromatic ring is 2. The Labute approximate surface area is 239 Å². The smallest absolute Gasteiger partial charge is 0.243 e. The first kappa shape index (κ1) is 30.3. The number of hydrogen-bond donors (Lipinski definition) is 4. The predicted octanol–water partition coefficient (Wildman–Crippen LogP) is 3.20. The normalized spacial score (nSPS) is 23.0. The first-order valence-corrected chi connectivity index (χ1v) is 15.7. The van der Waals surface area contributed by atoms with E-state index >= 15 is 0 Å². The Morgan fingerprint density at radius 2 is 1.75 bits per heavy atom. The number of rotatable bonds is 9. The van der Waals surface area contributed by atoms with E-state index in [0.717, 1.165) is 31.4 Å². The lowest BCUT2D eigenvalue weighted by molar-refractivity contribution is -0.132. The zero-order valence-electron chi connectivity index (χ0n) is 23.9. The number of sulfonamides is 1. The number of nitrogens with one attached hydrogen (secondary N) is 1. The summed E-state index contributed by atoms with van der Waals surface area (Å²) in [6.45, 7) is 6.75. The molecule has 1 saturated carbocycles. The number of likely N-dealkylation sites (tertiary alicyclic amines) is 1. The standard InChI is InChI=1S/C30H45N5O4S/c1-30(2,3)33-29(37)28-16-22-8-4-5-9-23(22)18-34(28)19-26(36)20-35(17-21-7-6-10-25(32)15-21)40(38,39)27-13-11-24(31)12-14-27/h6-7,10-15,22-23,26,28,36H,4-5,8-9,16-20,31-32H2,1-3H3,(H,33,37)/t22-,23+,26+,28-/m0/s1. The molecule has 2 fully saturated rings. The predicted molar refractivity (Wildman–Crippen MR) is 159 cm³/mol. The summed E-state index contributed by atoms with van der Waals surface area (Å²) in [4.78, 5) is 15.6. The molecule has 10 heteroatoms. The maximum absolute atomic E-state index is 13.7. The van der Waals surface area contributed by atoms with E-state index in [0.29, 0.717) is 23.2 Å². The number of carbonyl (C=O) groups is 1. The summed E-state index contributed by atoms with van der Waals surface area (Å²) in [6, 6.07) is 12.8. The van der Waals surface area contributed by atoms with Gasteiger partial charge < -0.3 is 21.9 Å². The summed E-state index contributed by atoms with van der Waals surface area (Å²) in [5.74, 6) is 0.958. The second-order valence-electron chi connectivity index (χ2n) is 12.5. The number of nitrogens with two attached hydrogens (primary N) is 2. The van der Waals surface area contributed by atoms with Crippen molar-refractivity contribution in [3.8, 4) is 0 Å². The summed E-state index contributed by atoms with van der Waals surface area (Å²) in [5, 5.41) is 14.5. The van der Waals surface area contributed by atoms with Gasteiger partial charge in [-0.1, -0.05) is 31.4 Å². The van der Waals surface area contributed by atoms with E-state index in [-0.39, 0.29) is 42.0 Å². The minimum absolute atomic E-state index is 0.0326. The van der Waals surface area contributed by atoms with Crippen LogP contribution in [0.25, 0.3) is 0 Å². The Balaban J connectivity index is 1.56. The molecule has 9 nitrogen and oxygen atoms in total. The molecule has 1 aliphatic carbocycles. The van der Waals surface area contributed by atoms with Gasteiger partial charge in [-0.3, -0.25) is 9.69 Å². The first-order valence-electron chi connectivity index (χ1n) is 14.3. The third kappa shape index (κ3) is 7.75. The number of fused-ring (bicyclic) bond motifs is 1. The van der Waals surface area contributed by atoms with E-state index in [1.807, 2.05) is 26.8 Å². The van der Waals surface area contributed by atoms with Gasteiger partial charge in [0.1, 0.15) is 0 Å². The maximum atomic E-state index is 13.7. The van der Waals surface area contributed by atoms with Crippen LogP contribution in [0.3, 0.4) is 0 Å². The summed E-state index contributed by atoms with van der Waals surface area (Å²) < 4.78 is 28.8. The van der Waals surface area contributed by atoms with Crippen molar-refractivity contribution >= 4 is 27.3 Å². The van der Waals surface area contributed by atoms with Crippen LogP contribution in [0, 0.1) is 11.8 Å². The van der Waals surface area contributed by atoms with Gasteiger partial charge in [0.15, 0.2) is 0 Å². The minimum atomic E-state index is -3.96. The Hall–Kier alpha value is -2.66. The molecule has 0 unspecified atom stereocenters. The molecule has 220 valence electrons. The number of nitrogens with zero attached hydrogens (tertiary/aromatic N) is 2. The minimum Gasteiger partial charge on any atom is -0.399 e. The Bertz CT molecular complexity index is 1260. The molecule has 0 aromatic heterocycles. The first-order chi connectivity index (χ1) is 18.8. The van der Waals surface area contributed by atoms with Crippen molar-refractivity contribution in [1.82, 2.24) is 14.5 Å². The van der Waals surface area contributed by atoms with Crippen molar-refractivity contribution < 1.29 is 18.3 Å². The molecule has 1 aliphatic heterocycles. The maximum Gasteiger partial charge on any atom is 0.243 e. The van der Waals surface area contributed by atoms with Gasteiger partial charge in [0.05, 0.1) is 17.0 Å². The van der Waals surface area contributed by atoms with E-state index in [9.17, 15) is 18.3 Å². The van der Waals surface area contributed by atoms with E-state index in [1.54, 1.807) is 30.3 Å². The number of β-amino-alcohol motifs (C(OH)–C–C–N with tert-alkyl or cyclic N) is 1. The fourth-order valence-corrected chi connectivity index (χ4v) is 7.59. The molecular formula is C30H45N5O4S. The lowest BCUT2D eigenvalue weighted by Gasteiger charge is -2.46. The second-order valence-corrected chi connectivity index (χ2v) is 14.5. The van der Waals surface area contributed by atoms with Gasteiger partial charge in [-0.15, -0.1) is 0 Å². The van der Waals surface area contributed by atoms with Crippen LogP contribution in [0.2, 0.25) is 0 Å². The van der Waals surface area contributed by atoms with Gasteiger partial charge in [-0.05, 0) is 87.4 Å². The number of amides is 1. The number of anilines is 2. The number of benzene rings is 2. The van der Waals surface area contributed by atoms with E-state index in [4.69, 9.17) is 11.5 Å². The van der Waals surface area contributed by atoms with Gasteiger partial charge in [-0.2, -0.15) is 4.31 Å². The summed E-state index contributed by atoms with van der Waals surface area (Å²) in [5.41, 5.74) is 13.1. The van der Waals surface area contributed by atoms with Crippen molar-refractivity contribution in [3.63, 3.8) is 0 Å². The molecule has 40 heavy (non-hydrogen) atoms. The molecule has 0 bridgehead atoms. The molecule has 1 saturated heterocycles. The highest BCUT2D eigenvalue weighted by atomic mass is 32.2. The van der Waals surface area contributed by atoms with Gasteiger partial charge in [0.25, 0.3) is 0 Å². The second kappa shape index (κ2) is 12.5. The van der Waals surface area contributed by atoms with E-state index < -0.39 is 16.1 Å². The highest BCUT2D eigenvalue weighted by Crippen LogP contribution is 2.39. The third-order valence-electron chi connectivity index (χ3n) is 7.99. The summed E-state index contributed by atoms with van der Waals surface area (Å²) in [6.07, 6.45) is 4.39. The lowest BCUT2D eigenvalue weighted by Crippen LogP contribution is -2.59. The molecule has 4 rings (SSSR count). The van der Waals surface area contributed by atoms with Crippen LogP contribution in [-0.2, 0) is 21.4 Å². The molecular weight excluding hydrogens is 526 g/mol. The molecule has 1 amide bonds. The topological polar surface area (TPSA) is 142 Å². The van der Waals surface area contributed by atoms with Crippen molar-refractivity contribution in [1.29, 1.82) is 0 Å².